The van der Waals surface area contributed by atoms with Gasteiger partial charge in [0.1, 0.15) is 6.04 Å². The molecule has 1 aromatic carbocycles. The number of benzene rings is 1. The number of amides is 2. The standard InChI is InChI=1S/C39H53N5O6S2/c1-6-7-26-8-12-28(13-9-26)29-18-20-44(21-19-29)31-23-40-36(41-24-31)30-14-10-27(11-15-30)22-32(37(46)43-52(48,49)25-35(45)50-5)42-38(47)33-16-17-34(51-33)39(2,3)4/h10-11,14-17,23-24,26,28-29,32H,6-9,12-13,18-22,25H2,1-5H3,(H,42,47)(H,43,46)/t26-,28-,32?. The Balaban J connectivity index is 1.21. The van der Waals surface area contributed by atoms with Gasteiger partial charge in [-0.3, -0.25) is 19.1 Å². The van der Waals surface area contributed by atoms with Crippen molar-refractivity contribution in [2.75, 3.05) is 30.9 Å². The van der Waals surface area contributed by atoms with Crippen molar-refractivity contribution in [2.24, 2.45) is 17.8 Å². The van der Waals surface area contributed by atoms with Gasteiger partial charge in [0.15, 0.2) is 11.6 Å². The number of piperidine rings is 1. The molecule has 2 fully saturated rings. The number of sulfonamides is 1. The largest absolute Gasteiger partial charge is 0.468 e. The van der Waals surface area contributed by atoms with E-state index in [1.54, 1.807) is 18.2 Å². The molecule has 3 aromatic rings. The molecular formula is C39H53N5O6S2. The maximum atomic E-state index is 13.3. The lowest BCUT2D eigenvalue weighted by molar-refractivity contribution is -0.137. The summed E-state index contributed by atoms with van der Waals surface area (Å²) in [6.45, 7) is 10.5. The van der Waals surface area contributed by atoms with Gasteiger partial charge in [0.2, 0.25) is 10.0 Å². The van der Waals surface area contributed by atoms with Gasteiger partial charge in [0.05, 0.1) is 30.1 Å². The number of nitrogens with zero attached hydrogens (tertiary/aromatic N) is 3. The number of aromatic nitrogens is 2. The Bertz CT molecular complexity index is 1770. The van der Waals surface area contributed by atoms with Crippen LogP contribution in [-0.2, 0) is 36.2 Å². The van der Waals surface area contributed by atoms with Crippen LogP contribution in [0.5, 0.6) is 0 Å². The van der Waals surface area contributed by atoms with Crippen LogP contribution < -0.4 is 14.9 Å². The Morgan fingerprint density at radius 1 is 0.942 bits per heavy atom. The van der Waals surface area contributed by atoms with Crippen LogP contribution in [0.25, 0.3) is 11.4 Å². The van der Waals surface area contributed by atoms with E-state index in [-0.39, 0.29) is 11.8 Å². The van der Waals surface area contributed by atoms with Crippen molar-refractivity contribution in [3.8, 4) is 11.4 Å². The van der Waals surface area contributed by atoms with Crippen molar-refractivity contribution < 1.29 is 27.5 Å². The summed E-state index contributed by atoms with van der Waals surface area (Å²) in [6.07, 6.45) is 14.5. The summed E-state index contributed by atoms with van der Waals surface area (Å²) in [5.41, 5.74) is 2.32. The maximum Gasteiger partial charge on any atom is 0.322 e. The van der Waals surface area contributed by atoms with Crippen molar-refractivity contribution in [2.45, 2.75) is 96.9 Å². The first kappa shape index (κ1) is 39.4. The van der Waals surface area contributed by atoms with Gasteiger partial charge in [-0.2, -0.15) is 0 Å². The molecule has 11 nitrogen and oxygen atoms in total. The fourth-order valence-electron chi connectivity index (χ4n) is 7.42. The normalized spacial score (nSPS) is 19.1. The molecule has 5 rings (SSSR count). The third kappa shape index (κ3) is 10.6. The predicted octanol–water partition coefficient (Wildman–Crippen LogP) is 6.29. The summed E-state index contributed by atoms with van der Waals surface area (Å²) in [4.78, 5) is 51.2. The lowest BCUT2D eigenvalue weighted by Crippen LogP contribution is -2.50. The molecule has 2 N–H and O–H groups in total. The van der Waals surface area contributed by atoms with Gasteiger partial charge in [-0.1, -0.05) is 77.6 Å². The fraction of sp³-hybridized carbons (Fsp3) is 0.564. The van der Waals surface area contributed by atoms with Crippen molar-refractivity contribution in [3.63, 3.8) is 0 Å². The molecule has 1 aliphatic carbocycles. The molecule has 3 heterocycles. The molecule has 2 aliphatic rings. The molecule has 1 saturated heterocycles. The van der Waals surface area contributed by atoms with E-state index in [1.165, 1.54) is 62.7 Å². The Morgan fingerprint density at radius 3 is 2.15 bits per heavy atom. The molecule has 2 aromatic heterocycles. The summed E-state index contributed by atoms with van der Waals surface area (Å²) >= 11 is 1.31. The second kappa shape index (κ2) is 17.3. The monoisotopic (exact) mass is 751 g/mol. The second-order valence-corrected chi connectivity index (χ2v) is 18.1. The molecule has 1 saturated carbocycles. The molecule has 1 unspecified atom stereocenters. The lowest BCUT2D eigenvalue weighted by Gasteiger charge is -2.39. The third-order valence-corrected chi connectivity index (χ3v) is 13.1. The summed E-state index contributed by atoms with van der Waals surface area (Å²) in [5.74, 6) is -0.307. The zero-order chi connectivity index (χ0) is 37.5. The van der Waals surface area contributed by atoms with Gasteiger partial charge in [-0.15, -0.1) is 11.3 Å². The highest BCUT2D eigenvalue weighted by Crippen LogP contribution is 2.39. The van der Waals surface area contributed by atoms with Gasteiger partial charge < -0.3 is 15.0 Å². The van der Waals surface area contributed by atoms with Crippen LogP contribution in [0.3, 0.4) is 0 Å². The highest BCUT2D eigenvalue weighted by atomic mass is 32.2. The van der Waals surface area contributed by atoms with E-state index in [0.29, 0.717) is 16.3 Å². The minimum absolute atomic E-state index is 0.000964. The topological polar surface area (TPSA) is 148 Å². The second-order valence-electron chi connectivity index (χ2n) is 15.3. The molecule has 282 valence electrons. The van der Waals surface area contributed by atoms with Crippen LogP contribution in [0.2, 0.25) is 0 Å². The highest BCUT2D eigenvalue weighted by molar-refractivity contribution is 7.90. The summed E-state index contributed by atoms with van der Waals surface area (Å²) < 4.78 is 31.4. The SMILES string of the molecule is CCC[C@H]1CC[C@H](C2CCN(c3cnc(-c4ccc(CC(NC(=O)c5ccc(C(C)(C)C)s5)C(=O)NS(=O)(=O)CC(=O)OC)cc4)nc3)CC2)CC1. The zero-order valence-corrected chi connectivity index (χ0v) is 32.7. The molecule has 1 atom stereocenters. The van der Waals surface area contributed by atoms with Crippen LogP contribution in [-0.4, -0.2) is 68.2 Å². The van der Waals surface area contributed by atoms with E-state index < -0.39 is 39.6 Å². The number of carbonyl (C=O) groups is 3. The Morgan fingerprint density at radius 2 is 1.58 bits per heavy atom. The molecule has 52 heavy (non-hydrogen) atoms. The zero-order valence-electron chi connectivity index (χ0n) is 31.0. The summed E-state index contributed by atoms with van der Waals surface area (Å²) in [6, 6.07) is 9.57. The Hall–Kier alpha value is -3.84. The Labute approximate surface area is 312 Å². The van der Waals surface area contributed by atoms with E-state index in [2.05, 4.69) is 31.8 Å². The number of hydrogen-bond donors (Lipinski definition) is 2. The number of anilines is 1. The minimum Gasteiger partial charge on any atom is -0.468 e. The van der Waals surface area contributed by atoms with Crippen molar-refractivity contribution in [1.29, 1.82) is 0 Å². The highest BCUT2D eigenvalue weighted by Gasteiger charge is 2.31. The molecule has 13 heteroatoms. The number of thiophene rings is 1. The van der Waals surface area contributed by atoms with Crippen LogP contribution in [0, 0.1) is 17.8 Å². The van der Waals surface area contributed by atoms with E-state index in [0.717, 1.165) is 54.1 Å². The number of rotatable bonds is 13. The number of nitrogens with one attached hydrogen (secondary N) is 2. The summed E-state index contributed by atoms with van der Waals surface area (Å²) in [7, 11) is -3.30. The molecule has 1 aliphatic heterocycles. The predicted molar refractivity (Wildman–Crippen MR) is 205 cm³/mol. The van der Waals surface area contributed by atoms with Gasteiger partial charge in [0, 0.05) is 30.0 Å². The smallest absolute Gasteiger partial charge is 0.322 e. The first-order chi connectivity index (χ1) is 24.7. The van der Waals surface area contributed by atoms with E-state index in [9.17, 15) is 22.8 Å². The molecule has 0 radical (unpaired) electrons. The van der Waals surface area contributed by atoms with Crippen LogP contribution in [0.1, 0.15) is 99.2 Å². The van der Waals surface area contributed by atoms with E-state index in [1.807, 2.05) is 56.1 Å². The number of methoxy groups -OCH3 is 1. The molecule has 2 amide bonds. The third-order valence-electron chi connectivity index (χ3n) is 10.4. The van der Waals surface area contributed by atoms with Crippen molar-refractivity contribution in [3.05, 3.63) is 64.1 Å². The van der Waals surface area contributed by atoms with Gasteiger partial charge in [-0.05, 0) is 66.5 Å². The van der Waals surface area contributed by atoms with Crippen LogP contribution in [0.15, 0.2) is 48.8 Å². The summed E-state index contributed by atoms with van der Waals surface area (Å²) in [5, 5.41) is 2.70. The van der Waals surface area contributed by atoms with Gasteiger partial charge in [0.25, 0.3) is 11.8 Å². The lowest BCUT2D eigenvalue weighted by atomic mass is 9.72. The first-order valence-corrected chi connectivity index (χ1v) is 20.9. The molecule has 0 spiro atoms. The maximum absolute atomic E-state index is 13.3. The van der Waals surface area contributed by atoms with Crippen molar-refractivity contribution in [1.82, 2.24) is 20.0 Å². The first-order valence-electron chi connectivity index (χ1n) is 18.4. The van der Waals surface area contributed by atoms with Crippen LogP contribution >= 0.6 is 11.3 Å². The molecule has 0 bridgehead atoms. The van der Waals surface area contributed by atoms with Crippen LogP contribution in [0.4, 0.5) is 5.69 Å². The van der Waals surface area contributed by atoms with Gasteiger partial charge in [-0.25, -0.2) is 18.4 Å². The van der Waals surface area contributed by atoms with E-state index >= 15 is 0 Å². The van der Waals surface area contributed by atoms with E-state index in [4.69, 9.17) is 0 Å². The number of hydrogen-bond acceptors (Lipinski definition) is 10. The van der Waals surface area contributed by atoms with Gasteiger partial charge >= 0.3 is 5.97 Å². The number of esters is 1. The Kier molecular flexibility index (Phi) is 13.1. The minimum atomic E-state index is -4.35. The number of carbonyl (C=O) groups excluding carboxylic acids is 3. The number of ether oxygens (including phenoxy) is 1. The molecular weight excluding hydrogens is 699 g/mol. The quantitative estimate of drug-likeness (QED) is 0.193. The fourth-order valence-corrected chi connectivity index (χ4v) is 9.34. The average Bonchev–Trinajstić information content (AvgIpc) is 3.64. The van der Waals surface area contributed by atoms with Crippen molar-refractivity contribution >= 4 is 44.8 Å². The average molecular weight is 752 g/mol.